The molecule has 0 saturated heterocycles. The predicted molar refractivity (Wildman–Crippen MR) is 96.3 cm³/mol. The van der Waals surface area contributed by atoms with Gasteiger partial charge in [0, 0.05) is 29.3 Å². The summed E-state index contributed by atoms with van der Waals surface area (Å²) in [5.41, 5.74) is 3.34. The average molecular weight is 334 g/mol. The van der Waals surface area contributed by atoms with Gasteiger partial charge in [0.05, 0.1) is 17.8 Å². The molecule has 126 valence electrons. The van der Waals surface area contributed by atoms with Gasteiger partial charge in [0.1, 0.15) is 18.1 Å². The molecule has 4 aromatic rings. The highest BCUT2D eigenvalue weighted by Crippen LogP contribution is 2.27. The van der Waals surface area contributed by atoms with E-state index in [1.807, 2.05) is 54.5 Å². The van der Waals surface area contributed by atoms with Gasteiger partial charge in [-0.3, -0.25) is 9.78 Å². The number of carbonyl (C=O) groups is 1. The van der Waals surface area contributed by atoms with E-state index in [1.165, 1.54) is 0 Å². The van der Waals surface area contributed by atoms with E-state index < -0.39 is 0 Å². The third-order valence-corrected chi connectivity index (χ3v) is 4.39. The smallest absolute Gasteiger partial charge is 0.269 e. The number of aromatic nitrogens is 4. The Morgan fingerprint density at radius 1 is 1.28 bits per heavy atom. The first kappa shape index (κ1) is 15.4. The second-order valence-electron chi connectivity index (χ2n) is 6.14. The van der Waals surface area contributed by atoms with Crippen LogP contribution in [0, 0.1) is 6.92 Å². The molecule has 4 rings (SSSR count). The van der Waals surface area contributed by atoms with Crippen molar-refractivity contribution in [3.8, 4) is 0 Å². The summed E-state index contributed by atoms with van der Waals surface area (Å²) in [5, 5.41) is 5.11. The minimum Gasteiger partial charge on any atom is -0.353 e. The summed E-state index contributed by atoms with van der Waals surface area (Å²) in [5.74, 6) is -0.130. The van der Waals surface area contributed by atoms with E-state index in [9.17, 15) is 4.79 Å². The number of carbonyl (C=O) groups excluding carboxylic acids is 1. The van der Waals surface area contributed by atoms with Gasteiger partial charge in [-0.1, -0.05) is 18.2 Å². The number of hydrogen-bond acceptors (Lipinski definition) is 2. The number of hydrogen-bond donors (Lipinski definition) is 3. The fraction of sp³-hybridized carbons (Fsp3) is 0.211. The van der Waals surface area contributed by atoms with Crippen molar-refractivity contribution < 1.29 is 9.36 Å². The van der Waals surface area contributed by atoms with E-state index in [2.05, 4.69) is 26.3 Å². The van der Waals surface area contributed by atoms with Crippen molar-refractivity contribution in [1.29, 1.82) is 0 Å². The average Bonchev–Trinajstić information content (AvgIpc) is 3.26. The maximum Gasteiger partial charge on any atom is 0.269 e. The Labute approximate surface area is 144 Å². The van der Waals surface area contributed by atoms with E-state index in [-0.39, 0.29) is 5.91 Å². The fourth-order valence-electron chi connectivity index (χ4n) is 3.13. The summed E-state index contributed by atoms with van der Waals surface area (Å²) in [4.78, 5) is 23.3. The summed E-state index contributed by atoms with van der Waals surface area (Å²) in [6.45, 7) is 3.40. The number of para-hydroxylation sites is 1. The summed E-state index contributed by atoms with van der Waals surface area (Å²) < 4.78 is 2.05. The molecule has 0 aliphatic rings. The second-order valence-corrected chi connectivity index (χ2v) is 6.14. The van der Waals surface area contributed by atoms with Crippen LogP contribution in [0.5, 0.6) is 0 Å². The standard InChI is InChI=1S/C19H19N5O/c1-13-18-15(14-5-2-3-6-16(14)23-18)11-17(22-13)19(25)21-7-4-9-24-10-8-20-12-24/h2-3,5-6,8,10-12H,4,7,9H2,1H3,(H2,21,22,23,25)/p+1. The highest BCUT2D eigenvalue weighted by atomic mass is 16.1. The van der Waals surface area contributed by atoms with Gasteiger partial charge in [-0.25, -0.2) is 9.55 Å². The molecule has 0 fully saturated rings. The zero-order valence-corrected chi connectivity index (χ0v) is 14.0. The SMILES string of the molecule is Cc1nc(C(=O)NCCC[n+]2cc[nH]c2)cc2c1[nH]c1ccccc12. The molecule has 0 radical (unpaired) electrons. The van der Waals surface area contributed by atoms with Gasteiger partial charge in [0.2, 0.25) is 6.33 Å². The minimum atomic E-state index is -0.130. The number of pyridine rings is 1. The molecule has 6 nitrogen and oxygen atoms in total. The molecule has 25 heavy (non-hydrogen) atoms. The highest BCUT2D eigenvalue weighted by molar-refractivity contribution is 6.10. The first-order valence-electron chi connectivity index (χ1n) is 8.40. The van der Waals surface area contributed by atoms with Crippen LogP contribution in [0.1, 0.15) is 22.6 Å². The van der Waals surface area contributed by atoms with Gasteiger partial charge in [-0.05, 0) is 19.1 Å². The number of benzene rings is 1. The lowest BCUT2D eigenvalue weighted by atomic mass is 10.1. The summed E-state index contributed by atoms with van der Waals surface area (Å²) >= 11 is 0. The topological polar surface area (TPSA) is 77.5 Å². The number of nitrogens with one attached hydrogen (secondary N) is 3. The number of imidazole rings is 1. The first-order valence-corrected chi connectivity index (χ1v) is 8.40. The molecule has 0 saturated carbocycles. The molecule has 6 heteroatoms. The number of aromatic amines is 2. The minimum absolute atomic E-state index is 0.130. The number of aryl methyl sites for hydroxylation is 2. The zero-order chi connectivity index (χ0) is 17.2. The van der Waals surface area contributed by atoms with E-state index in [0.29, 0.717) is 12.2 Å². The molecule has 0 aliphatic carbocycles. The molecule has 0 aliphatic heterocycles. The van der Waals surface area contributed by atoms with Crippen molar-refractivity contribution in [1.82, 2.24) is 20.3 Å². The molecule has 0 bridgehead atoms. The largest absolute Gasteiger partial charge is 0.353 e. The van der Waals surface area contributed by atoms with Gasteiger partial charge in [0.15, 0.2) is 0 Å². The molecule has 1 aromatic carbocycles. The van der Waals surface area contributed by atoms with Crippen molar-refractivity contribution in [2.75, 3.05) is 6.54 Å². The molecular weight excluding hydrogens is 314 g/mol. The first-order chi connectivity index (χ1) is 12.2. The van der Waals surface area contributed by atoms with Gasteiger partial charge < -0.3 is 10.3 Å². The zero-order valence-electron chi connectivity index (χ0n) is 14.0. The molecule has 3 aromatic heterocycles. The van der Waals surface area contributed by atoms with Gasteiger partial charge in [-0.2, -0.15) is 0 Å². The molecule has 0 unspecified atom stereocenters. The number of rotatable bonds is 5. The van der Waals surface area contributed by atoms with E-state index in [0.717, 1.165) is 40.5 Å². The van der Waals surface area contributed by atoms with Crippen LogP contribution < -0.4 is 9.88 Å². The Morgan fingerprint density at radius 3 is 3.00 bits per heavy atom. The number of amides is 1. The summed E-state index contributed by atoms with van der Waals surface area (Å²) in [7, 11) is 0. The Bertz CT molecular complexity index is 1030. The molecule has 3 heterocycles. The van der Waals surface area contributed by atoms with E-state index in [4.69, 9.17) is 0 Å². The van der Waals surface area contributed by atoms with Crippen molar-refractivity contribution >= 4 is 27.7 Å². The molecule has 1 amide bonds. The van der Waals surface area contributed by atoms with Crippen LogP contribution in [-0.2, 0) is 6.54 Å². The lowest BCUT2D eigenvalue weighted by molar-refractivity contribution is -0.695. The molecule has 0 atom stereocenters. The van der Waals surface area contributed by atoms with Crippen LogP contribution in [0.3, 0.4) is 0 Å². The summed E-state index contributed by atoms with van der Waals surface area (Å²) in [6, 6.07) is 9.97. The van der Waals surface area contributed by atoms with Crippen LogP contribution in [0.25, 0.3) is 21.8 Å². The number of fused-ring (bicyclic) bond motifs is 3. The molecular formula is C19H20N5O+. The third kappa shape index (κ3) is 2.98. The van der Waals surface area contributed by atoms with Crippen LogP contribution >= 0.6 is 0 Å². The lowest BCUT2D eigenvalue weighted by Crippen LogP contribution is -2.34. The van der Waals surface area contributed by atoms with Gasteiger partial charge in [-0.15, -0.1) is 0 Å². The number of H-pyrrole nitrogens is 2. The molecule has 3 N–H and O–H groups in total. The predicted octanol–water partition coefficient (Wildman–Crippen LogP) is 2.46. The van der Waals surface area contributed by atoms with Crippen molar-refractivity contribution in [3.05, 3.63) is 60.4 Å². The monoisotopic (exact) mass is 334 g/mol. The van der Waals surface area contributed by atoms with Crippen LogP contribution in [0.15, 0.2) is 49.1 Å². The Morgan fingerprint density at radius 2 is 2.16 bits per heavy atom. The highest BCUT2D eigenvalue weighted by Gasteiger charge is 2.13. The maximum atomic E-state index is 12.5. The second kappa shape index (κ2) is 6.39. The number of nitrogens with zero attached hydrogens (tertiary/aromatic N) is 2. The Hall–Kier alpha value is -3.15. The maximum absolute atomic E-state index is 12.5. The quantitative estimate of drug-likeness (QED) is 0.387. The van der Waals surface area contributed by atoms with Crippen molar-refractivity contribution in [2.45, 2.75) is 19.9 Å². The Balaban J connectivity index is 1.52. The van der Waals surface area contributed by atoms with Crippen molar-refractivity contribution in [2.24, 2.45) is 0 Å². The summed E-state index contributed by atoms with van der Waals surface area (Å²) in [6.07, 6.45) is 6.61. The van der Waals surface area contributed by atoms with Crippen molar-refractivity contribution in [3.63, 3.8) is 0 Å². The van der Waals surface area contributed by atoms with E-state index in [1.54, 1.807) is 0 Å². The van der Waals surface area contributed by atoms with Crippen LogP contribution in [0.4, 0.5) is 0 Å². The normalized spacial score (nSPS) is 11.2. The van der Waals surface area contributed by atoms with E-state index >= 15 is 0 Å². The van der Waals surface area contributed by atoms with Gasteiger partial charge in [0.25, 0.3) is 5.91 Å². The van der Waals surface area contributed by atoms with Gasteiger partial charge >= 0.3 is 0 Å². The van der Waals surface area contributed by atoms with Crippen LogP contribution in [-0.4, -0.2) is 27.4 Å². The molecule has 0 spiro atoms. The lowest BCUT2D eigenvalue weighted by Gasteiger charge is -2.05. The third-order valence-electron chi connectivity index (χ3n) is 4.39. The van der Waals surface area contributed by atoms with Crippen LogP contribution in [0.2, 0.25) is 0 Å². The fourth-order valence-corrected chi connectivity index (χ4v) is 3.13. The Kier molecular flexibility index (Phi) is 3.93.